The average molecular weight is 444 g/mol. The van der Waals surface area contributed by atoms with Crippen LogP contribution in [0.3, 0.4) is 0 Å². The molecule has 0 aliphatic carbocycles. The lowest BCUT2D eigenvalue weighted by Gasteiger charge is -2.44. The molecule has 6 atom stereocenters. The number of rotatable bonds is 8. The predicted molar refractivity (Wildman–Crippen MR) is 96.9 cm³/mol. The molecule has 2 aliphatic heterocycles. The van der Waals surface area contributed by atoms with E-state index in [2.05, 4.69) is 0 Å². The summed E-state index contributed by atoms with van der Waals surface area (Å²) >= 11 is 0. The van der Waals surface area contributed by atoms with Crippen LogP contribution in [-0.4, -0.2) is 79.9 Å². The van der Waals surface area contributed by atoms with Crippen molar-refractivity contribution in [1.29, 1.82) is 0 Å². The molecule has 2 aliphatic rings. The Bertz CT molecular complexity index is 744. The number of hydrogen-bond acceptors (Lipinski definition) is 12. The van der Waals surface area contributed by atoms with Crippen LogP contribution in [-0.2, 0) is 57.1 Å². The van der Waals surface area contributed by atoms with Gasteiger partial charge in [0.1, 0.15) is 18.8 Å². The van der Waals surface area contributed by atoms with Crippen molar-refractivity contribution >= 4 is 29.8 Å². The first-order valence-corrected chi connectivity index (χ1v) is 9.37. The highest BCUT2D eigenvalue weighted by Gasteiger charge is 2.52. The number of cyclic esters (lactones) is 1. The Morgan fingerprint density at radius 3 is 1.94 bits per heavy atom. The first-order valence-electron chi connectivity index (χ1n) is 9.37. The molecule has 0 amide bonds. The van der Waals surface area contributed by atoms with Crippen LogP contribution in [0.4, 0.5) is 0 Å². The van der Waals surface area contributed by atoms with Gasteiger partial charge in [-0.2, -0.15) is 0 Å². The highest BCUT2D eigenvalue weighted by atomic mass is 16.7. The van der Waals surface area contributed by atoms with Gasteiger partial charge in [-0.1, -0.05) is 0 Å². The Morgan fingerprint density at radius 2 is 1.42 bits per heavy atom. The minimum atomic E-state index is -1.33. The van der Waals surface area contributed by atoms with Gasteiger partial charge in [-0.15, -0.1) is 0 Å². The third-order valence-corrected chi connectivity index (χ3v) is 4.09. The molecule has 1 fully saturated rings. The molecule has 0 bridgehead atoms. The number of carbonyl (C=O) groups excluding carboxylic acids is 5. The SMILES string of the molecule is CC(=O)OC[C@H]1O[C@H](OC[C@H]2C=CC(=O)O2)[C@H](OC(C)=O)[C@@H](OC(C)=O)[C@@H]1OC(C)=O. The van der Waals surface area contributed by atoms with E-state index in [-0.39, 0.29) is 13.2 Å². The van der Waals surface area contributed by atoms with Gasteiger partial charge in [-0.05, 0) is 6.08 Å². The van der Waals surface area contributed by atoms with E-state index in [1.54, 1.807) is 0 Å². The predicted octanol–water partition coefficient (Wildman–Crippen LogP) is -0.432. The first kappa shape index (κ1) is 24.3. The van der Waals surface area contributed by atoms with Crippen molar-refractivity contribution in [2.45, 2.75) is 64.5 Å². The van der Waals surface area contributed by atoms with Gasteiger partial charge >= 0.3 is 29.8 Å². The highest BCUT2D eigenvalue weighted by Crippen LogP contribution is 2.30. The summed E-state index contributed by atoms with van der Waals surface area (Å²) in [4.78, 5) is 57.5. The van der Waals surface area contributed by atoms with Crippen molar-refractivity contribution in [3.63, 3.8) is 0 Å². The molecular weight excluding hydrogens is 420 g/mol. The average Bonchev–Trinajstić information content (AvgIpc) is 3.06. The van der Waals surface area contributed by atoms with Gasteiger partial charge in [-0.25, -0.2) is 4.79 Å². The minimum absolute atomic E-state index is 0.171. The third-order valence-electron chi connectivity index (χ3n) is 4.09. The standard InChI is InChI=1S/C19H24O12/c1-9(20)25-8-14-16(27-10(2)21)17(28-11(3)22)18(29-12(4)23)19(31-14)26-7-13-5-6-15(24)30-13/h5-6,13-14,16-19H,7-8H2,1-4H3/t13-,14-,16-,17+,18-,19+/m1/s1. The van der Waals surface area contributed by atoms with Crippen molar-refractivity contribution < 1.29 is 57.1 Å². The lowest BCUT2D eigenvalue weighted by atomic mass is 9.98. The first-order chi connectivity index (χ1) is 14.6. The van der Waals surface area contributed by atoms with Crippen molar-refractivity contribution in [3.05, 3.63) is 12.2 Å². The second-order valence-corrected chi connectivity index (χ2v) is 6.74. The van der Waals surface area contributed by atoms with Crippen molar-refractivity contribution in [1.82, 2.24) is 0 Å². The second-order valence-electron chi connectivity index (χ2n) is 6.74. The summed E-state index contributed by atoms with van der Waals surface area (Å²) in [6.07, 6.45) is -4.39. The second kappa shape index (κ2) is 10.9. The van der Waals surface area contributed by atoms with Gasteiger partial charge < -0.3 is 33.2 Å². The van der Waals surface area contributed by atoms with E-state index in [9.17, 15) is 24.0 Å². The Hall–Kier alpha value is -2.99. The molecule has 2 heterocycles. The van der Waals surface area contributed by atoms with E-state index in [0.717, 1.165) is 20.8 Å². The van der Waals surface area contributed by atoms with Crippen molar-refractivity contribution in [2.24, 2.45) is 0 Å². The van der Waals surface area contributed by atoms with Crippen LogP contribution in [0.5, 0.6) is 0 Å². The fourth-order valence-electron chi connectivity index (χ4n) is 3.02. The van der Waals surface area contributed by atoms with Gasteiger partial charge in [0.2, 0.25) is 0 Å². The molecule has 0 saturated carbocycles. The van der Waals surface area contributed by atoms with E-state index >= 15 is 0 Å². The Labute approximate surface area is 177 Å². The monoisotopic (exact) mass is 444 g/mol. The van der Waals surface area contributed by atoms with Gasteiger partial charge in [-0.3, -0.25) is 19.2 Å². The molecule has 12 nitrogen and oxygen atoms in total. The Balaban J connectivity index is 2.30. The van der Waals surface area contributed by atoms with Crippen LogP contribution in [0, 0.1) is 0 Å². The van der Waals surface area contributed by atoms with Gasteiger partial charge in [0.25, 0.3) is 0 Å². The fourth-order valence-corrected chi connectivity index (χ4v) is 3.02. The Kier molecular flexibility index (Phi) is 8.51. The number of carbonyl (C=O) groups is 5. The summed E-state index contributed by atoms with van der Waals surface area (Å²) in [5, 5.41) is 0. The smallest absolute Gasteiger partial charge is 0.331 e. The van der Waals surface area contributed by atoms with Crippen molar-refractivity contribution in [3.8, 4) is 0 Å². The van der Waals surface area contributed by atoms with Crippen LogP contribution in [0.2, 0.25) is 0 Å². The lowest BCUT2D eigenvalue weighted by molar-refractivity contribution is -0.310. The molecule has 0 aromatic heterocycles. The Morgan fingerprint density at radius 1 is 0.839 bits per heavy atom. The molecule has 1 saturated heterocycles. The van der Waals surface area contributed by atoms with Crippen LogP contribution in [0.15, 0.2) is 12.2 Å². The van der Waals surface area contributed by atoms with E-state index < -0.39 is 66.7 Å². The molecule has 12 heteroatoms. The van der Waals surface area contributed by atoms with Crippen LogP contribution in [0.25, 0.3) is 0 Å². The summed E-state index contributed by atoms with van der Waals surface area (Å²) in [6.45, 7) is 3.99. The fraction of sp³-hybridized carbons (Fsp3) is 0.632. The zero-order valence-corrected chi connectivity index (χ0v) is 17.4. The summed E-state index contributed by atoms with van der Waals surface area (Å²) in [7, 11) is 0. The number of hydrogen-bond donors (Lipinski definition) is 0. The van der Waals surface area contributed by atoms with E-state index in [1.807, 2.05) is 0 Å². The lowest BCUT2D eigenvalue weighted by Crippen LogP contribution is -2.63. The molecule has 0 radical (unpaired) electrons. The highest BCUT2D eigenvalue weighted by molar-refractivity contribution is 5.84. The minimum Gasteiger partial charge on any atom is -0.463 e. The largest absolute Gasteiger partial charge is 0.463 e. The van der Waals surface area contributed by atoms with Gasteiger partial charge in [0, 0.05) is 33.8 Å². The normalized spacial score (nSPS) is 29.6. The van der Waals surface area contributed by atoms with Gasteiger partial charge in [0.05, 0.1) is 6.61 Å². The zero-order valence-electron chi connectivity index (χ0n) is 17.4. The molecule has 0 aromatic carbocycles. The maximum atomic E-state index is 11.7. The van der Waals surface area contributed by atoms with Crippen LogP contribution >= 0.6 is 0 Å². The summed E-state index contributed by atoms with van der Waals surface area (Å²) in [6, 6.07) is 0. The van der Waals surface area contributed by atoms with E-state index in [1.165, 1.54) is 19.1 Å². The van der Waals surface area contributed by atoms with Gasteiger partial charge in [0.15, 0.2) is 24.6 Å². The molecule has 0 spiro atoms. The number of ether oxygens (including phenoxy) is 7. The summed E-state index contributed by atoms with van der Waals surface area (Å²) in [5.41, 5.74) is 0. The zero-order chi connectivity index (χ0) is 23.1. The summed E-state index contributed by atoms with van der Waals surface area (Å²) in [5.74, 6) is -3.40. The molecule has 31 heavy (non-hydrogen) atoms. The molecule has 0 aromatic rings. The maximum Gasteiger partial charge on any atom is 0.331 e. The maximum absolute atomic E-state index is 11.7. The van der Waals surface area contributed by atoms with Crippen LogP contribution < -0.4 is 0 Å². The third kappa shape index (κ3) is 7.33. The molecule has 172 valence electrons. The quantitative estimate of drug-likeness (QED) is 0.353. The topological polar surface area (TPSA) is 150 Å². The number of esters is 5. The van der Waals surface area contributed by atoms with E-state index in [4.69, 9.17) is 33.2 Å². The molecule has 0 N–H and O–H groups in total. The van der Waals surface area contributed by atoms with Crippen LogP contribution in [0.1, 0.15) is 27.7 Å². The molecular formula is C19H24O12. The molecule has 2 rings (SSSR count). The van der Waals surface area contributed by atoms with Crippen molar-refractivity contribution in [2.75, 3.05) is 13.2 Å². The molecule has 0 unspecified atom stereocenters. The summed E-state index contributed by atoms with van der Waals surface area (Å²) < 4.78 is 37.1. The van der Waals surface area contributed by atoms with E-state index in [0.29, 0.717) is 0 Å².